The number of amides is 1. The monoisotopic (exact) mass is 355 g/mol. The van der Waals surface area contributed by atoms with Gasteiger partial charge in [0.25, 0.3) is 5.91 Å². The molecule has 23 heavy (non-hydrogen) atoms. The molecule has 1 amide bonds. The normalized spacial score (nSPS) is 13.4. The van der Waals surface area contributed by atoms with Crippen LogP contribution in [0.15, 0.2) is 42.5 Å². The Balaban J connectivity index is 2.01. The van der Waals surface area contributed by atoms with Gasteiger partial charge in [0.2, 0.25) is 0 Å². The SMILES string of the molecule is C[C@H](C(=O)Nc1ccc(Cl)cc1Cl)[NH+](C)Cc1cccc(F)c1. The molecule has 0 saturated carbocycles. The topological polar surface area (TPSA) is 33.5 Å². The summed E-state index contributed by atoms with van der Waals surface area (Å²) in [6.45, 7) is 2.36. The minimum absolute atomic E-state index is 0.164. The average Bonchev–Trinajstić information content (AvgIpc) is 2.49. The Hall–Kier alpha value is -1.62. The molecule has 2 atom stereocenters. The number of halogens is 3. The van der Waals surface area contributed by atoms with Crippen molar-refractivity contribution in [2.75, 3.05) is 12.4 Å². The van der Waals surface area contributed by atoms with Crippen LogP contribution < -0.4 is 10.2 Å². The molecule has 2 aromatic carbocycles. The lowest BCUT2D eigenvalue weighted by Crippen LogP contribution is -3.12. The van der Waals surface area contributed by atoms with Crippen LogP contribution in [0.1, 0.15) is 12.5 Å². The van der Waals surface area contributed by atoms with Crippen LogP contribution in [-0.2, 0) is 11.3 Å². The van der Waals surface area contributed by atoms with Crippen LogP contribution in [-0.4, -0.2) is 19.0 Å². The molecule has 0 aliphatic heterocycles. The molecular formula is C17H18Cl2FN2O+. The number of anilines is 1. The minimum Gasteiger partial charge on any atom is -0.324 e. The van der Waals surface area contributed by atoms with Gasteiger partial charge in [0.15, 0.2) is 6.04 Å². The van der Waals surface area contributed by atoms with Gasteiger partial charge in [-0.3, -0.25) is 4.79 Å². The lowest BCUT2D eigenvalue weighted by Gasteiger charge is -2.21. The first-order chi connectivity index (χ1) is 10.9. The molecule has 0 aliphatic rings. The van der Waals surface area contributed by atoms with Crippen molar-refractivity contribution in [3.05, 3.63) is 63.9 Å². The molecule has 0 fully saturated rings. The maximum Gasteiger partial charge on any atom is 0.282 e. The van der Waals surface area contributed by atoms with E-state index in [4.69, 9.17) is 23.2 Å². The van der Waals surface area contributed by atoms with Gasteiger partial charge in [-0.2, -0.15) is 0 Å². The molecular weight excluding hydrogens is 338 g/mol. The quantitative estimate of drug-likeness (QED) is 0.848. The van der Waals surface area contributed by atoms with E-state index < -0.39 is 0 Å². The van der Waals surface area contributed by atoms with Crippen LogP contribution in [0.25, 0.3) is 0 Å². The highest BCUT2D eigenvalue weighted by molar-refractivity contribution is 6.36. The van der Waals surface area contributed by atoms with E-state index >= 15 is 0 Å². The molecule has 2 aromatic rings. The summed E-state index contributed by atoms with van der Waals surface area (Å²) in [6.07, 6.45) is 0. The lowest BCUT2D eigenvalue weighted by molar-refractivity contribution is -0.907. The number of quaternary nitrogens is 1. The molecule has 0 saturated heterocycles. The molecule has 0 radical (unpaired) electrons. The number of rotatable bonds is 5. The Kier molecular flexibility index (Phi) is 5.99. The number of nitrogens with one attached hydrogen (secondary N) is 2. The number of carbonyl (C=O) groups excluding carboxylic acids is 1. The smallest absolute Gasteiger partial charge is 0.282 e. The number of likely N-dealkylation sites (N-methyl/N-ethyl adjacent to an activating group) is 1. The molecule has 0 aliphatic carbocycles. The highest BCUT2D eigenvalue weighted by Crippen LogP contribution is 2.25. The number of carbonyl (C=O) groups is 1. The Morgan fingerprint density at radius 1 is 1.26 bits per heavy atom. The van der Waals surface area contributed by atoms with E-state index in [2.05, 4.69) is 5.32 Å². The second-order valence-electron chi connectivity index (χ2n) is 5.49. The lowest BCUT2D eigenvalue weighted by atomic mass is 10.2. The maximum atomic E-state index is 13.2. The van der Waals surface area contributed by atoms with Crippen LogP contribution >= 0.6 is 23.2 Å². The maximum absolute atomic E-state index is 13.2. The van der Waals surface area contributed by atoms with Gasteiger partial charge in [0.05, 0.1) is 17.8 Å². The first-order valence-electron chi connectivity index (χ1n) is 7.19. The molecule has 3 nitrogen and oxygen atoms in total. The van der Waals surface area contributed by atoms with Crippen LogP contribution in [0.5, 0.6) is 0 Å². The molecule has 1 unspecified atom stereocenters. The van der Waals surface area contributed by atoms with E-state index in [1.165, 1.54) is 12.1 Å². The molecule has 0 heterocycles. The third-order valence-electron chi connectivity index (χ3n) is 3.69. The van der Waals surface area contributed by atoms with Gasteiger partial charge in [-0.15, -0.1) is 0 Å². The van der Waals surface area contributed by atoms with Gasteiger partial charge < -0.3 is 10.2 Å². The van der Waals surface area contributed by atoms with E-state index in [1.807, 2.05) is 20.0 Å². The van der Waals surface area contributed by atoms with E-state index in [0.717, 1.165) is 10.5 Å². The molecule has 122 valence electrons. The van der Waals surface area contributed by atoms with Crippen LogP contribution in [0.3, 0.4) is 0 Å². The number of hydrogen-bond donors (Lipinski definition) is 2. The Morgan fingerprint density at radius 3 is 2.65 bits per heavy atom. The fourth-order valence-electron chi connectivity index (χ4n) is 2.18. The van der Waals surface area contributed by atoms with Crippen molar-refractivity contribution >= 4 is 34.8 Å². The Labute approximate surface area is 145 Å². The number of benzene rings is 2. The zero-order valence-corrected chi connectivity index (χ0v) is 14.4. The average molecular weight is 356 g/mol. The van der Waals surface area contributed by atoms with Gasteiger partial charge in [-0.25, -0.2) is 4.39 Å². The van der Waals surface area contributed by atoms with Crippen LogP contribution in [0.4, 0.5) is 10.1 Å². The summed E-state index contributed by atoms with van der Waals surface area (Å²) < 4.78 is 13.2. The zero-order valence-electron chi connectivity index (χ0n) is 12.9. The summed E-state index contributed by atoms with van der Waals surface area (Å²) in [7, 11) is 1.89. The van der Waals surface area contributed by atoms with Crippen molar-refractivity contribution in [1.29, 1.82) is 0 Å². The summed E-state index contributed by atoms with van der Waals surface area (Å²) in [4.78, 5) is 13.3. The van der Waals surface area contributed by atoms with Crippen molar-refractivity contribution in [2.24, 2.45) is 0 Å². The Morgan fingerprint density at radius 2 is 2.00 bits per heavy atom. The van der Waals surface area contributed by atoms with Crippen LogP contribution in [0, 0.1) is 5.82 Å². The molecule has 0 spiro atoms. The predicted octanol–water partition coefficient (Wildman–Crippen LogP) is 3.17. The fraction of sp³-hybridized carbons (Fsp3) is 0.235. The van der Waals surface area contributed by atoms with Gasteiger partial charge in [0.1, 0.15) is 12.4 Å². The van der Waals surface area contributed by atoms with Crippen molar-refractivity contribution in [1.82, 2.24) is 0 Å². The van der Waals surface area contributed by atoms with E-state index in [1.54, 1.807) is 24.3 Å². The third-order valence-corrected chi connectivity index (χ3v) is 4.24. The summed E-state index contributed by atoms with van der Waals surface area (Å²) in [6, 6.07) is 11.0. The van der Waals surface area contributed by atoms with Crippen molar-refractivity contribution in [3.8, 4) is 0 Å². The highest BCUT2D eigenvalue weighted by Gasteiger charge is 2.22. The van der Waals surface area contributed by atoms with Crippen molar-refractivity contribution in [3.63, 3.8) is 0 Å². The summed E-state index contributed by atoms with van der Waals surface area (Å²) in [5.74, 6) is -0.441. The molecule has 0 bridgehead atoms. The summed E-state index contributed by atoms with van der Waals surface area (Å²) in [5, 5.41) is 3.69. The highest BCUT2D eigenvalue weighted by atomic mass is 35.5. The Bertz CT molecular complexity index is 709. The summed E-state index contributed by atoms with van der Waals surface area (Å²) >= 11 is 11.9. The van der Waals surface area contributed by atoms with Gasteiger partial charge >= 0.3 is 0 Å². The fourth-order valence-corrected chi connectivity index (χ4v) is 2.63. The van der Waals surface area contributed by atoms with E-state index in [9.17, 15) is 9.18 Å². The first-order valence-corrected chi connectivity index (χ1v) is 7.95. The molecule has 2 rings (SSSR count). The predicted molar refractivity (Wildman–Crippen MR) is 91.5 cm³/mol. The largest absolute Gasteiger partial charge is 0.324 e. The van der Waals surface area contributed by atoms with Crippen molar-refractivity contribution in [2.45, 2.75) is 19.5 Å². The van der Waals surface area contributed by atoms with Gasteiger partial charge in [0, 0.05) is 10.6 Å². The van der Waals surface area contributed by atoms with Crippen molar-refractivity contribution < 1.29 is 14.1 Å². The second kappa shape index (κ2) is 7.77. The van der Waals surface area contributed by atoms with E-state index in [0.29, 0.717) is 22.3 Å². The zero-order chi connectivity index (χ0) is 17.0. The first kappa shape index (κ1) is 17.7. The standard InChI is InChI=1S/C17H17Cl2FN2O/c1-11(22(2)10-12-4-3-5-14(20)8-12)17(23)21-16-7-6-13(18)9-15(16)19/h3-9,11H,10H2,1-2H3,(H,21,23)/p+1/t11-/m1/s1. The van der Waals surface area contributed by atoms with E-state index in [-0.39, 0.29) is 17.8 Å². The molecule has 0 aromatic heterocycles. The third kappa shape index (κ3) is 4.93. The van der Waals surface area contributed by atoms with Gasteiger partial charge in [-0.05, 0) is 37.3 Å². The van der Waals surface area contributed by atoms with Crippen LogP contribution in [0.2, 0.25) is 10.0 Å². The van der Waals surface area contributed by atoms with Gasteiger partial charge in [-0.1, -0.05) is 35.3 Å². The molecule has 2 N–H and O–H groups in total. The summed E-state index contributed by atoms with van der Waals surface area (Å²) in [5.41, 5.74) is 1.36. The second-order valence-corrected chi connectivity index (χ2v) is 6.33. The minimum atomic E-state index is -0.329. The number of hydrogen-bond acceptors (Lipinski definition) is 1. The molecule has 6 heteroatoms.